The van der Waals surface area contributed by atoms with E-state index >= 15 is 0 Å². The average Bonchev–Trinajstić information content (AvgIpc) is 2.92. The fraction of sp³-hybridized carbons (Fsp3) is 0.688. The van der Waals surface area contributed by atoms with Gasteiger partial charge in [-0.15, -0.1) is 5.10 Å². The number of amides is 1. The van der Waals surface area contributed by atoms with E-state index in [4.69, 9.17) is 9.47 Å². The average molecular weight is 320 g/mol. The third-order valence-electron chi connectivity index (χ3n) is 4.47. The van der Waals surface area contributed by atoms with Crippen LogP contribution in [0.3, 0.4) is 0 Å². The summed E-state index contributed by atoms with van der Waals surface area (Å²) in [7, 11) is 3.46. The monoisotopic (exact) mass is 320 g/mol. The summed E-state index contributed by atoms with van der Waals surface area (Å²) in [5, 5.41) is 8.45. The SMILES string of the molecule is Cc1ccc(N2C[C@@H](OCC(=O)N(C)C)[C@@H]3OCCC[C@@H]32)nn1. The first-order valence-electron chi connectivity index (χ1n) is 8.06. The van der Waals surface area contributed by atoms with Crippen LogP contribution in [0.15, 0.2) is 12.1 Å². The largest absolute Gasteiger partial charge is 0.373 e. The summed E-state index contributed by atoms with van der Waals surface area (Å²) in [6.07, 6.45) is 1.94. The minimum absolute atomic E-state index is 0.0122. The van der Waals surface area contributed by atoms with Crippen molar-refractivity contribution in [2.24, 2.45) is 0 Å². The van der Waals surface area contributed by atoms with Crippen LogP contribution in [0.5, 0.6) is 0 Å². The van der Waals surface area contributed by atoms with E-state index in [2.05, 4.69) is 15.1 Å². The molecule has 2 saturated heterocycles. The number of carbonyl (C=O) groups excluding carboxylic acids is 1. The molecule has 7 nitrogen and oxygen atoms in total. The highest BCUT2D eigenvalue weighted by Gasteiger charge is 2.45. The molecule has 0 radical (unpaired) electrons. The van der Waals surface area contributed by atoms with Gasteiger partial charge < -0.3 is 19.3 Å². The molecular formula is C16H24N4O3. The summed E-state index contributed by atoms with van der Waals surface area (Å²) in [6, 6.07) is 4.19. The van der Waals surface area contributed by atoms with Crippen LogP contribution < -0.4 is 4.90 Å². The summed E-state index contributed by atoms with van der Waals surface area (Å²) in [4.78, 5) is 15.5. The Morgan fingerprint density at radius 1 is 1.43 bits per heavy atom. The Labute approximate surface area is 136 Å². The van der Waals surface area contributed by atoms with Gasteiger partial charge in [0.2, 0.25) is 5.91 Å². The van der Waals surface area contributed by atoms with Gasteiger partial charge in [0.25, 0.3) is 0 Å². The third kappa shape index (κ3) is 3.45. The second kappa shape index (κ2) is 6.80. The Hall–Kier alpha value is -1.73. The molecule has 1 aromatic heterocycles. The van der Waals surface area contributed by atoms with E-state index in [-0.39, 0.29) is 30.8 Å². The maximum atomic E-state index is 11.8. The fourth-order valence-electron chi connectivity index (χ4n) is 3.17. The molecule has 0 unspecified atom stereocenters. The van der Waals surface area contributed by atoms with Crippen LogP contribution >= 0.6 is 0 Å². The number of aryl methyl sites for hydroxylation is 1. The van der Waals surface area contributed by atoms with E-state index in [0.29, 0.717) is 6.54 Å². The Morgan fingerprint density at radius 3 is 2.96 bits per heavy atom. The molecule has 2 aliphatic rings. The Bertz CT molecular complexity index is 549. The maximum absolute atomic E-state index is 11.8. The van der Waals surface area contributed by atoms with E-state index in [1.165, 1.54) is 4.90 Å². The molecule has 23 heavy (non-hydrogen) atoms. The van der Waals surface area contributed by atoms with Crippen molar-refractivity contribution in [2.75, 3.05) is 38.8 Å². The molecular weight excluding hydrogens is 296 g/mol. The fourth-order valence-corrected chi connectivity index (χ4v) is 3.17. The lowest BCUT2D eigenvalue weighted by molar-refractivity contribution is -0.139. The van der Waals surface area contributed by atoms with Gasteiger partial charge in [-0.25, -0.2) is 0 Å². The smallest absolute Gasteiger partial charge is 0.248 e. The van der Waals surface area contributed by atoms with E-state index in [1.807, 2.05) is 19.1 Å². The zero-order valence-corrected chi connectivity index (χ0v) is 13.9. The van der Waals surface area contributed by atoms with Crippen molar-refractivity contribution >= 4 is 11.7 Å². The number of anilines is 1. The zero-order chi connectivity index (χ0) is 16.4. The van der Waals surface area contributed by atoms with E-state index in [0.717, 1.165) is 31.0 Å². The van der Waals surface area contributed by atoms with Crippen molar-refractivity contribution in [2.45, 2.75) is 38.0 Å². The third-order valence-corrected chi connectivity index (χ3v) is 4.47. The molecule has 0 aliphatic carbocycles. The molecule has 7 heteroatoms. The molecule has 0 aromatic carbocycles. The summed E-state index contributed by atoms with van der Waals surface area (Å²) in [5.41, 5.74) is 0.897. The number of nitrogens with zero attached hydrogens (tertiary/aromatic N) is 4. The zero-order valence-electron chi connectivity index (χ0n) is 13.9. The highest BCUT2D eigenvalue weighted by atomic mass is 16.5. The predicted molar refractivity (Wildman–Crippen MR) is 85.3 cm³/mol. The summed E-state index contributed by atoms with van der Waals surface area (Å²) in [5.74, 6) is 0.812. The minimum atomic E-state index is -0.118. The second-order valence-corrected chi connectivity index (χ2v) is 6.37. The van der Waals surface area contributed by atoms with Crippen LogP contribution in [0.2, 0.25) is 0 Å². The Balaban J connectivity index is 1.72. The molecule has 2 aliphatic heterocycles. The molecule has 1 aromatic rings. The van der Waals surface area contributed by atoms with Gasteiger partial charge in [0.05, 0.1) is 11.7 Å². The standard InChI is InChI=1S/C16H24N4O3/c1-11-6-7-14(18-17-11)20-9-13(23-10-15(21)19(2)3)16-12(20)5-4-8-22-16/h6-7,12-13,16H,4-5,8-10H2,1-3H3/t12-,13+,16+/m0/s1. The van der Waals surface area contributed by atoms with Gasteiger partial charge in [-0.3, -0.25) is 4.79 Å². The highest BCUT2D eigenvalue weighted by Crippen LogP contribution is 2.33. The first-order valence-corrected chi connectivity index (χ1v) is 8.06. The van der Waals surface area contributed by atoms with Crippen molar-refractivity contribution < 1.29 is 14.3 Å². The number of carbonyl (C=O) groups is 1. The summed E-state index contributed by atoms with van der Waals surface area (Å²) in [6.45, 7) is 3.42. The van der Waals surface area contributed by atoms with Crippen LogP contribution in [0.4, 0.5) is 5.82 Å². The van der Waals surface area contributed by atoms with Gasteiger partial charge in [0, 0.05) is 27.2 Å². The van der Waals surface area contributed by atoms with Crippen LogP contribution in [0.1, 0.15) is 18.5 Å². The molecule has 3 atom stereocenters. The topological polar surface area (TPSA) is 67.8 Å². The number of ether oxygens (including phenoxy) is 2. The van der Waals surface area contributed by atoms with E-state index in [9.17, 15) is 4.79 Å². The summed E-state index contributed by atoms with van der Waals surface area (Å²) < 4.78 is 11.8. The van der Waals surface area contributed by atoms with E-state index < -0.39 is 0 Å². The van der Waals surface area contributed by atoms with Gasteiger partial charge in [-0.1, -0.05) is 0 Å². The molecule has 3 rings (SSSR count). The number of hydrogen-bond donors (Lipinski definition) is 0. The molecule has 0 N–H and O–H groups in total. The molecule has 0 saturated carbocycles. The predicted octanol–water partition coefficient (Wildman–Crippen LogP) is 0.626. The van der Waals surface area contributed by atoms with Crippen molar-refractivity contribution in [3.8, 4) is 0 Å². The van der Waals surface area contributed by atoms with Gasteiger partial charge in [-0.05, 0) is 31.9 Å². The minimum Gasteiger partial charge on any atom is -0.373 e. The number of fused-ring (bicyclic) bond motifs is 1. The lowest BCUT2D eigenvalue weighted by Crippen LogP contribution is -2.42. The first-order chi connectivity index (χ1) is 11.1. The first kappa shape index (κ1) is 16.1. The Kier molecular flexibility index (Phi) is 4.77. The molecule has 1 amide bonds. The van der Waals surface area contributed by atoms with Gasteiger partial charge in [0.1, 0.15) is 18.8 Å². The molecule has 3 heterocycles. The maximum Gasteiger partial charge on any atom is 0.248 e. The quantitative estimate of drug-likeness (QED) is 0.810. The second-order valence-electron chi connectivity index (χ2n) is 6.37. The van der Waals surface area contributed by atoms with Crippen LogP contribution in [-0.2, 0) is 14.3 Å². The van der Waals surface area contributed by atoms with Crippen molar-refractivity contribution in [1.82, 2.24) is 15.1 Å². The van der Waals surface area contributed by atoms with Crippen molar-refractivity contribution in [3.63, 3.8) is 0 Å². The van der Waals surface area contributed by atoms with Crippen molar-refractivity contribution in [3.05, 3.63) is 17.8 Å². The van der Waals surface area contributed by atoms with Crippen LogP contribution in [0, 0.1) is 6.92 Å². The lowest BCUT2D eigenvalue weighted by atomic mass is 10.0. The van der Waals surface area contributed by atoms with Crippen LogP contribution in [0.25, 0.3) is 0 Å². The molecule has 126 valence electrons. The normalized spacial score (nSPS) is 26.9. The van der Waals surface area contributed by atoms with Gasteiger partial charge in [-0.2, -0.15) is 5.10 Å². The van der Waals surface area contributed by atoms with E-state index in [1.54, 1.807) is 14.1 Å². The highest BCUT2D eigenvalue weighted by molar-refractivity contribution is 5.76. The van der Waals surface area contributed by atoms with Gasteiger partial charge in [0.15, 0.2) is 5.82 Å². The Morgan fingerprint density at radius 2 is 2.26 bits per heavy atom. The number of hydrogen-bond acceptors (Lipinski definition) is 6. The summed E-state index contributed by atoms with van der Waals surface area (Å²) >= 11 is 0. The molecule has 2 fully saturated rings. The number of rotatable bonds is 4. The van der Waals surface area contributed by atoms with Crippen molar-refractivity contribution in [1.29, 1.82) is 0 Å². The lowest BCUT2D eigenvalue weighted by Gasteiger charge is -2.32. The van der Waals surface area contributed by atoms with Gasteiger partial charge >= 0.3 is 0 Å². The molecule has 0 spiro atoms. The number of aromatic nitrogens is 2. The van der Waals surface area contributed by atoms with Crippen LogP contribution in [-0.4, -0.2) is 73.1 Å². The molecule has 0 bridgehead atoms. The number of likely N-dealkylation sites (N-methyl/N-ethyl adjacent to an activating group) is 1.